The summed E-state index contributed by atoms with van der Waals surface area (Å²) in [7, 11) is 1.81. The first kappa shape index (κ1) is 43.9. The zero-order valence-electron chi connectivity index (χ0n) is 32.3. The fraction of sp³-hybridized carbons (Fsp3) is 0.610. The molecule has 0 radical (unpaired) electrons. The maximum Gasteiger partial charge on any atom is 0.408 e. The lowest BCUT2D eigenvalue weighted by Gasteiger charge is -2.22. The van der Waals surface area contributed by atoms with Crippen LogP contribution in [0.15, 0.2) is 58.8 Å². The van der Waals surface area contributed by atoms with Crippen molar-refractivity contribution in [3.63, 3.8) is 0 Å². The molecule has 0 heterocycles. The lowest BCUT2D eigenvalue weighted by molar-refractivity contribution is -0.139. The van der Waals surface area contributed by atoms with Crippen molar-refractivity contribution >= 4 is 40.9 Å². The van der Waals surface area contributed by atoms with Crippen molar-refractivity contribution in [1.29, 1.82) is 0 Å². The number of benzene rings is 2. The van der Waals surface area contributed by atoms with Gasteiger partial charge in [-0.15, -0.1) is 0 Å². The van der Waals surface area contributed by atoms with Crippen molar-refractivity contribution in [2.75, 3.05) is 18.5 Å². The number of carbonyl (C=O) groups excluding carboxylic acids is 3. The molecular weight excluding hydrogens is 658 g/mol. The maximum atomic E-state index is 12.7. The van der Waals surface area contributed by atoms with Crippen LogP contribution in [0, 0.1) is 0 Å². The van der Waals surface area contributed by atoms with E-state index in [1.165, 1.54) is 70.6 Å². The van der Waals surface area contributed by atoms with Crippen LogP contribution in [-0.4, -0.2) is 54.2 Å². The first-order chi connectivity index (χ1) is 24.9. The highest BCUT2D eigenvalue weighted by Crippen LogP contribution is 2.23. The highest BCUT2D eigenvalue weighted by molar-refractivity contribution is 5.94. The number of alkyl carbamates (subject to hydrolysis) is 1. The topological polar surface area (TPSA) is 150 Å². The van der Waals surface area contributed by atoms with E-state index >= 15 is 0 Å². The summed E-state index contributed by atoms with van der Waals surface area (Å²) in [5, 5.41) is 23.2. The molecule has 3 amide bonds. The molecule has 1 unspecified atom stereocenters. The van der Waals surface area contributed by atoms with Crippen molar-refractivity contribution in [1.82, 2.24) is 10.6 Å². The Morgan fingerprint density at radius 3 is 1.73 bits per heavy atom. The summed E-state index contributed by atoms with van der Waals surface area (Å²) in [4.78, 5) is 50.4. The molecule has 0 aromatic heterocycles. The summed E-state index contributed by atoms with van der Waals surface area (Å²) in [5.74, 6) is -1.28. The van der Waals surface area contributed by atoms with E-state index in [-0.39, 0.29) is 18.2 Å². The second kappa shape index (κ2) is 24.8. The average molecular weight is 722 g/mol. The van der Waals surface area contributed by atoms with E-state index in [0.717, 1.165) is 18.5 Å². The van der Waals surface area contributed by atoms with Crippen LogP contribution in [0.5, 0.6) is 0 Å². The first-order valence-corrected chi connectivity index (χ1v) is 19.3. The minimum atomic E-state index is -1.14. The third-order valence-corrected chi connectivity index (χ3v) is 8.71. The normalized spacial score (nSPS) is 12.0. The Labute approximate surface area is 311 Å². The molecule has 2 aromatic rings. The van der Waals surface area contributed by atoms with E-state index in [1.54, 1.807) is 57.0 Å². The van der Waals surface area contributed by atoms with Gasteiger partial charge in [-0.2, -0.15) is 10.2 Å². The van der Waals surface area contributed by atoms with Crippen LogP contribution >= 0.6 is 0 Å². The summed E-state index contributed by atoms with van der Waals surface area (Å²) in [6.07, 6.45) is 17.7. The van der Waals surface area contributed by atoms with Gasteiger partial charge in [0.1, 0.15) is 11.6 Å². The van der Waals surface area contributed by atoms with Crippen LogP contribution in [0.2, 0.25) is 0 Å². The molecule has 0 bridgehead atoms. The molecule has 2 rings (SSSR count). The third-order valence-electron chi connectivity index (χ3n) is 8.71. The van der Waals surface area contributed by atoms with Gasteiger partial charge < -0.3 is 25.4 Å². The number of unbranched alkanes of at least 4 members (excludes halogenated alkanes) is 13. The third kappa shape index (κ3) is 19.4. The molecule has 3 N–H and O–H groups in total. The molecule has 11 heteroatoms. The standard InChI is InChI=1S/C41H63N5O6/c1-6-7-8-9-10-11-12-13-14-15-16-17-18-22-37(47)46(5)35-29-27-34(28-30-35)45-44-33-25-23-32(24-26-33)38(48)42-31-20-19-21-36(39(49)50)43-40(51)52-41(2,3)4/h23-30,36H,6-22,31H2,1-5H3,(H,42,48)(H,43,51)(H,49,50). The van der Waals surface area contributed by atoms with Crippen molar-refractivity contribution in [3.8, 4) is 0 Å². The summed E-state index contributed by atoms with van der Waals surface area (Å²) >= 11 is 0. The number of carboxylic acids is 1. The molecule has 0 saturated carbocycles. The lowest BCUT2D eigenvalue weighted by atomic mass is 10.0. The first-order valence-electron chi connectivity index (χ1n) is 19.3. The Balaban J connectivity index is 1.65. The number of ether oxygens (including phenoxy) is 1. The van der Waals surface area contributed by atoms with Gasteiger partial charge in [0.2, 0.25) is 5.91 Å². The van der Waals surface area contributed by atoms with Crippen LogP contribution in [0.4, 0.5) is 21.9 Å². The number of carbonyl (C=O) groups is 4. The van der Waals surface area contributed by atoms with Crippen molar-refractivity contribution in [2.45, 2.75) is 148 Å². The Kier molecular flexibility index (Phi) is 21.0. The van der Waals surface area contributed by atoms with Crippen LogP contribution < -0.4 is 15.5 Å². The number of nitrogens with one attached hydrogen (secondary N) is 2. The van der Waals surface area contributed by atoms with Gasteiger partial charge >= 0.3 is 12.1 Å². The van der Waals surface area contributed by atoms with E-state index in [1.807, 2.05) is 24.3 Å². The molecular formula is C41H63N5O6. The summed E-state index contributed by atoms with van der Waals surface area (Å²) < 4.78 is 5.13. The smallest absolute Gasteiger partial charge is 0.408 e. The van der Waals surface area contributed by atoms with Crippen LogP contribution in [0.25, 0.3) is 0 Å². The monoisotopic (exact) mass is 721 g/mol. The second-order valence-electron chi connectivity index (χ2n) is 14.5. The number of hydrogen-bond acceptors (Lipinski definition) is 7. The molecule has 52 heavy (non-hydrogen) atoms. The number of hydrogen-bond donors (Lipinski definition) is 3. The maximum absolute atomic E-state index is 12.7. The number of rotatable bonds is 25. The Morgan fingerprint density at radius 2 is 1.23 bits per heavy atom. The van der Waals surface area contributed by atoms with Gasteiger partial charge in [0.05, 0.1) is 11.4 Å². The molecule has 0 aliphatic heterocycles. The fourth-order valence-electron chi connectivity index (χ4n) is 5.63. The SMILES string of the molecule is CCCCCCCCCCCCCCCC(=O)N(C)c1ccc(N=Nc2ccc(C(=O)NCCCCC(NC(=O)OC(C)(C)C)C(=O)O)cc2)cc1. The molecule has 0 spiro atoms. The minimum absolute atomic E-state index is 0.112. The van der Waals surface area contributed by atoms with Gasteiger partial charge in [-0.25, -0.2) is 9.59 Å². The predicted molar refractivity (Wildman–Crippen MR) is 208 cm³/mol. The minimum Gasteiger partial charge on any atom is -0.480 e. The van der Waals surface area contributed by atoms with E-state index < -0.39 is 23.7 Å². The van der Waals surface area contributed by atoms with Crippen LogP contribution in [-0.2, 0) is 14.3 Å². The zero-order valence-corrected chi connectivity index (χ0v) is 32.3. The quantitative estimate of drug-likeness (QED) is 0.0686. The van der Waals surface area contributed by atoms with Gasteiger partial charge in [0.25, 0.3) is 5.91 Å². The average Bonchev–Trinajstić information content (AvgIpc) is 3.11. The summed E-state index contributed by atoms with van der Waals surface area (Å²) in [6, 6.07) is 13.0. The molecule has 288 valence electrons. The van der Waals surface area contributed by atoms with Gasteiger partial charge in [-0.05, 0) is 95.0 Å². The molecule has 2 aromatic carbocycles. The largest absolute Gasteiger partial charge is 0.480 e. The number of nitrogens with zero attached hydrogens (tertiary/aromatic N) is 3. The summed E-state index contributed by atoms with van der Waals surface area (Å²) in [6.45, 7) is 7.72. The molecule has 0 fully saturated rings. The highest BCUT2D eigenvalue weighted by Gasteiger charge is 2.23. The predicted octanol–water partition coefficient (Wildman–Crippen LogP) is 10.4. The number of azo groups is 1. The molecule has 0 saturated heterocycles. The number of aliphatic carboxylic acids is 1. The number of carboxylic acid groups (broad SMARTS) is 1. The fourth-order valence-corrected chi connectivity index (χ4v) is 5.63. The molecule has 1 atom stereocenters. The van der Waals surface area contributed by atoms with Crippen molar-refractivity contribution in [2.24, 2.45) is 10.2 Å². The van der Waals surface area contributed by atoms with Crippen LogP contribution in [0.1, 0.15) is 147 Å². The van der Waals surface area contributed by atoms with Crippen LogP contribution in [0.3, 0.4) is 0 Å². The summed E-state index contributed by atoms with van der Waals surface area (Å²) in [5.41, 5.74) is 1.78. The number of anilines is 1. The van der Waals surface area contributed by atoms with Crippen molar-refractivity contribution in [3.05, 3.63) is 54.1 Å². The number of amides is 3. The van der Waals surface area contributed by atoms with Gasteiger partial charge in [-0.1, -0.05) is 84.0 Å². The second-order valence-corrected chi connectivity index (χ2v) is 14.5. The Hall–Kier alpha value is -4.28. The molecule has 0 aliphatic carbocycles. The highest BCUT2D eigenvalue weighted by atomic mass is 16.6. The zero-order chi connectivity index (χ0) is 38.2. The lowest BCUT2D eigenvalue weighted by Crippen LogP contribution is -2.43. The molecule has 0 aliphatic rings. The van der Waals surface area contributed by atoms with E-state index in [2.05, 4.69) is 27.8 Å². The van der Waals surface area contributed by atoms with E-state index in [4.69, 9.17) is 4.74 Å². The van der Waals surface area contributed by atoms with Gasteiger partial charge in [0.15, 0.2) is 0 Å². The Bertz CT molecular complexity index is 1370. The van der Waals surface area contributed by atoms with Gasteiger partial charge in [-0.3, -0.25) is 9.59 Å². The van der Waals surface area contributed by atoms with E-state index in [0.29, 0.717) is 42.7 Å². The van der Waals surface area contributed by atoms with Crippen molar-refractivity contribution < 1.29 is 29.0 Å². The van der Waals surface area contributed by atoms with Gasteiger partial charge in [0, 0.05) is 31.3 Å². The molecule has 11 nitrogen and oxygen atoms in total. The Morgan fingerprint density at radius 1 is 0.731 bits per heavy atom. The van der Waals surface area contributed by atoms with E-state index in [9.17, 15) is 24.3 Å².